The van der Waals surface area contributed by atoms with E-state index in [1.165, 1.54) is 18.5 Å². The molecule has 2 saturated heterocycles. The van der Waals surface area contributed by atoms with Crippen LogP contribution in [0.25, 0.3) is 0 Å². The lowest BCUT2D eigenvalue weighted by Gasteiger charge is -2.43. The SMILES string of the molecule is O=C(O)C(F)(F)F.c1cnc(N2CCOCC3(CCCN(Cc4ccn[nH]4)C3)C2)nc1. The smallest absolute Gasteiger partial charge is 0.475 e. The number of carbonyl (C=O) groups is 1. The molecule has 1 unspecified atom stereocenters. The molecule has 0 amide bonds. The number of carboxylic acid groups (broad SMARTS) is 1. The summed E-state index contributed by atoms with van der Waals surface area (Å²) in [4.78, 5) is 22.6. The molecule has 12 heteroatoms. The van der Waals surface area contributed by atoms with Gasteiger partial charge >= 0.3 is 12.1 Å². The van der Waals surface area contributed by atoms with Crippen molar-refractivity contribution in [1.82, 2.24) is 25.1 Å². The van der Waals surface area contributed by atoms with Gasteiger partial charge in [0.25, 0.3) is 0 Å². The second-order valence-electron chi connectivity index (χ2n) is 7.72. The topological polar surface area (TPSA) is 107 Å². The molecule has 0 aliphatic carbocycles. The molecular formula is C19H25F3N6O3. The quantitative estimate of drug-likeness (QED) is 0.743. The van der Waals surface area contributed by atoms with Crippen LogP contribution in [0.5, 0.6) is 0 Å². The molecule has 4 rings (SSSR count). The number of aromatic nitrogens is 4. The average molecular weight is 442 g/mol. The van der Waals surface area contributed by atoms with E-state index in [0.29, 0.717) is 0 Å². The van der Waals surface area contributed by atoms with E-state index in [0.717, 1.165) is 51.9 Å². The number of carboxylic acids is 1. The number of H-pyrrole nitrogens is 1. The third-order valence-electron chi connectivity index (χ3n) is 5.21. The molecule has 1 spiro atoms. The average Bonchev–Trinajstić information content (AvgIpc) is 3.16. The number of piperidine rings is 1. The number of alkyl halides is 3. The minimum Gasteiger partial charge on any atom is -0.475 e. The molecule has 2 aromatic rings. The van der Waals surface area contributed by atoms with Crippen LogP contribution in [0.15, 0.2) is 30.7 Å². The number of nitrogens with zero attached hydrogens (tertiary/aromatic N) is 5. The molecule has 2 aliphatic heterocycles. The number of halogens is 3. The van der Waals surface area contributed by atoms with E-state index < -0.39 is 12.1 Å². The van der Waals surface area contributed by atoms with E-state index in [1.54, 1.807) is 0 Å². The molecule has 0 aromatic carbocycles. The first-order valence-electron chi connectivity index (χ1n) is 9.88. The third-order valence-corrected chi connectivity index (χ3v) is 5.21. The molecule has 1 atom stereocenters. The minimum absolute atomic E-state index is 0.147. The van der Waals surface area contributed by atoms with Crippen molar-refractivity contribution in [3.8, 4) is 0 Å². The number of likely N-dealkylation sites (tertiary alicyclic amines) is 1. The molecule has 31 heavy (non-hydrogen) atoms. The lowest BCUT2D eigenvalue weighted by Crippen LogP contribution is -2.50. The van der Waals surface area contributed by atoms with Gasteiger partial charge in [0.2, 0.25) is 5.95 Å². The normalized spacial score (nSPS) is 22.5. The fraction of sp³-hybridized carbons (Fsp3) is 0.579. The fourth-order valence-electron chi connectivity index (χ4n) is 3.92. The molecule has 0 saturated carbocycles. The lowest BCUT2D eigenvalue weighted by molar-refractivity contribution is -0.192. The highest BCUT2D eigenvalue weighted by Gasteiger charge is 2.40. The van der Waals surface area contributed by atoms with Crippen molar-refractivity contribution in [2.24, 2.45) is 5.41 Å². The van der Waals surface area contributed by atoms with Gasteiger partial charge in [0.1, 0.15) is 0 Å². The Morgan fingerprint density at radius 1 is 1.23 bits per heavy atom. The summed E-state index contributed by atoms with van der Waals surface area (Å²) in [5.41, 5.74) is 1.32. The Hall–Kier alpha value is -2.73. The maximum atomic E-state index is 10.6. The molecule has 2 N–H and O–H groups in total. The van der Waals surface area contributed by atoms with Gasteiger partial charge in [0.05, 0.1) is 13.2 Å². The first kappa shape index (κ1) is 22.9. The highest BCUT2D eigenvalue weighted by molar-refractivity contribution is 5.73. The highest BCUT2D eigenvalue weighted by atomic mass is 19.4. The van der Waals surface area contributed by atoms with Crippen LogP contribution in [0.2, 0.25) is 0 Å². The Bertz CT molecular complexity index is 821. The zero-order valence-electron chi connectivity index (χ0n) is 16.9. The van der Waals surface area contributed by atoms with Crippen LogP contribution >= 0.6 is 0 Å². The van der Waals surface area contributed by atoms with Gasteiger partial charge in [-0.2, -0.15) is 18.3 Å². The van der Waals surface area contributed by atoms with Gasteiger partial charge in [0, 0.05) is 55.9 Å². The Labute approximate surface area is 177 Å². The summed E-state index contributed by atoms with van der Waals surface area (Å²) in [6.45, 7) is 6.45. The highest BCUT2D eigenvalue weighted by Crippen LogP contribution is 2.34. The molecule has 2 aromatic heterocycles. The van der Waals surface area contributed by atoms with Gasteiger partial charge in [0.15, 0.2) is 0 Å². The Balaban J connectivity index is 0.000000339. The van der Waals surface area contributed by atoms with Gasteiger partial charge in [-0.15, -0.1) is 0 Å². The van der Waals surface area contributed by atoms with E-state index in [-0.39, 0.29) is 5.41 Å². The summed E-state index contributed by atoms with van der Waals surface area (Å²) in [5.74, 6) is -1.94. The number of aromatic amines is 1. The first-order valence-corrected chi connectivity index (χ1v) is 9.88. The van der Waals surface area contributed by atoms with E-state index in [2.05, 4.69) is 36.0 Å². The summed E-state index contributed by atoms with van der Waals surface area (Å²) in [6.07, 6.45) is 2.74. The molecule has 0 bridgehead atoms. The van der Waals surface area contributed by atoms with Crippen LogP contribution < -0.4 is 4.90 Å². The van der Waals surface area contributed by atoms with Gasteiger partial charge in [-0.1, -0.05) is 0 Å². The summed E-state index contributed by atoms with van der Waals surface area (Å²) >= 11 is 0. The fourth-order valence-corrected chi connectivity index (χ4v) is 3.92. The Morgan fingerprint density at radius 3 is 2.61 bits per heavy atom. The van der Waals surface area contributed by atoms with Crippen LogP contribution in [0, 0.1) is 5.41 Å². The number of anilines is 1. The molecule has 4 heterocycles. The summed E-state index contributed by atoms with van der Waals surface area (Å²) in [7, 11) is 0. The van der Waals surface area contributed by atoms with Crippen molar-refractivity contribution in [2.45, 2.75) is 25.6 Å². The predicted molar refractivity (Wildman–Crippen MR) is 104 cm³/mol. The van der Waals surface area contributed by atoms with Crippen LogP contribution in [0.1, 0.15) is 18.5 Å². The number of hydrogen-bond acceptors (Lipinski definition) is 7. The van der Waals surface area contributed by atoms with Crippen LogP contribution in [0.3, 0.4) is 0 Å². The molecule has 9 nitrogen and oxygen atoms in total. The van der Waals surface area contributed by atoms with Gasteiger partial charge in [-0.05, 0) is 31.5 Å². The monoisotopic (exact) mass is 442 g/mol. The summed E-state index contributed by atoms with van der Waals surface area (Å²) in [6, 6.07) is 3.91. The maximum Gasteiger partial charge on any atom is 0.490 e. The number of hydrogen-bond donors (Lipinski definition) is 2. The van der Waals surface area contributed by atoms with Gasteiger partial charge in [-0.3, -0.25) is 10.00 Å². The van der Waals surface area contributed by atoms with Gasteiger partial charge < -0.3 is 14.7 Å². The molecule has 0 radical (unpaired) electrons. The summed E-state index contributed by atoms with van der Waals surface area (Å²) in [5, 5.41) is 14.3. The zero-order valence-corrected chi connectivity index (χ0v) is 16.9. The second kappa shape index (κ2) is 10.1. The Morgan fingerprint density at radius 2 is 1.97 bits per heavy atom. The maximum absolute atomic E-state index is 10.6. The molecule has 2 fully saturated rings. The van der Waals surface area contributed by atoms with E-state index in [4.69, 9.17) is 14.6 Å². The largest absolute Gasteiger partial charge is 0.490 e. The van der Waals surface area contributed by atoms with Crippen molar-refractivity contribution in [1.29, 1.82) is 0 Å². The van der Waals surface area contributed by atoms with Crippen molar-refractivity contribution < 1.29 is 27.8 Å². The number of nitrogens with one attached hydrogen (secondary N) is 1. The van der Waals surface area contributed by atoms with Crippen molar-refractivity contribution >= 4 is 11.9 Å². The van der Waals surface area contributed by atoms with Crippen molar-refractivity contribution in [3.05, 3.63) is 36.4 Å². The van der Waals surface area contributed by atoms with Gasteiger partial charge in [-0.25, -0.2) is 14.8 Å². The van der Waals surface area contributed by atoms with E-state index >= 15 is 0 Å². The van der Waals surface area contributed by atoms with Crippen molar-refractivity contribution in [3.63, 3.8) is 0 Å². The van der Waals surface area contributed by atoms with E-state index in [9.17, 15) is 13.2 Å². The van der Waals surface area contributed by atoms with Crippen LogP contribution in [-0.4, -0.2) is 81.7 Å². The Kier molecular flexibility index (Phi) is 7.44. The van der Waals surface area contributed by atoms with Crippen molar-refractivity contribution in [2.75, 3.05) is 44.3 Å². The minimum atomic E-state index is -5.08. The summed E-state index contributed by atoms with van der Waals surface area (Å²) < 4.78 is 37.7. The third kappa shape index (κ3) is 6.62. The van der Waals surface area contributed by atoms with E-state index in [1.807, 2.05) is 24.7 Å². The molecule has 170 valence electrons. The standard InChI is InChI=1S/C17H24N6O.C2HF3O2/c1-4-17(12-22(8-1)11-15-3-7-20-21-15)13-23(9-10-24-14-17)16-18-5-2-6-19-16;3-2(4,5)1(6)7/h2-3,5-7H,1,4,8-14H2,(H,20,21);(H,6,7). The number of ether oxygens (including phenoxy) is 1. The zero-order chi connectivity index (χ0) is 22.3. The predicted octanol–water partition coefficient (Wildman–Crippen LogP) is 1.95. The second-order valence-corrected chi connectivity index (χ2v) is 7.72. The molecular weight excluding hydrogens is 417 g/mol. The van der Waals surface area contributed by atoms with Crippen LogP contribution in [0.4, 0.5) is 19.1 Å². The number of rotatable bonds is 3. The number of aliphatic carboxylic acids is 1. The first-order chi connectivity index (χ1) is 14.8. The van der Waals surface area contributed by atoms with Crippen LogP contribution in [-0.2, 0) is 16.1 Å². The molecule has 2 aliphatic rings. The lowest BCUT2D eigenvalue weighted by atomic mass is 9.80.